The quantitative estimate of drug-likeness (QED) is 0.831. The van der Waals surface area contributed by atoms with E-state index in [2.05, 4.69) is 65.6 Å². The van der Waals surface area contributed by atoms with Gasteiger partial charge in [-0.2, -0.15) is 0 Å². The van der Waals surface area contributed by atoms with Crippen molar-refractivity contribution < 1.29 is 9.90 Å². The summed E-state index contributed by atoms with van der Waals surface area (Å²) in [5, 5.41) is 8.80. The van der Waals surface area contributed by atoms with Crippen LogP contribution in [0, 0.1) is 0 Å². The molecule has 0 atom stereocenters. The fourth-order valence-corrected chi connectivity index (χ4v) is 3.01. The third kappa shape index (κ3) is 3.81. The Bertz CT molecular complexity index is 721. The number of carboxylic acid groups (broad SMARTS) is 1. The van der Waals surface area contributed by atoms with Gasteiger partial charge in [-0.15, -0.1) is 0 Å². The van der Waals surface area contributed by atoms with E-state index in [1.54, 1.807) is 0 Å². The Morgan fingerprint density at radius 3 is 2.48 bits per heavy atom. The normalized spacial score (nSPS) is 13.0. The van der Waals surface area contributed by atoms with E-state index in [0.717, 1.165) is 19.5 Å². The highest BCUT2D eigenvalue weighted by Gasteiger charge is 2.14. The van der Waals surface area contributed by atoms with Gasteiger partial charge in [0.25, 0.3) is 0 Å². The van der Waals surface area contributed by atoms with Crippen LogP contribution in [0.3, 0.4) is 0 Å². The van der Waals surface area contributed by atoms with Gasteiger partial charge in [-0.1, -0.05) is 54.6 Å². The Morgan fingerprint density at radius 1 is 0.957 bits per heavy atom. The van der Waals surface area contributed by atoms with Crippen LogP contribution >= 0.6 is 0 Å². The van der Waals surface area contributed by atoms with E-state index in [1.807, 2.05) is 0 Å². The third-order valence-electron chi connectivity index (χ3n) is 4.20. The van der Waals surface area contributed by atoms with E-state index < -0.39 is 5.97 Å². The maximum absolute atomic E-state index is 10.7. The second kappa shape index (κ2) is 7.14. The van der Waals surface area contributed by atoms with Crippen LogP contribution in [0.25, 0.3) is 12.2 Å². The lowest BCUT2D eigenvalue weighted by Crippen LogP contribution is -2.25. The monoisotopic (exact) mass is 307 g/mol. The highest BCUT2D eigenvalue weighted by molar-refractivity contribution is 5.79. The van der Waals surface area contributed by atoms with Crippen LogP contribution in [-0.2, 0) is 11.3 Å². The molecule has 1 heterocycles. The van der Waals surface area contributed by atoms with E-state index in [0.29, 0.717) is 6.42 Å². The summed E-state index contributed by atoms with van der Waals surface area (Å²) in [6.07, 6.45) is 6.18. The van der Waals surface area contributed by atoms with Crippen molar-refractivity contribution in [2.45, 2.75) is 25.8 Å². The number of nitrogens with zero attached hydrogens (tertiary/aromatic N) is 1. The SMILES string of the molecule is O=C(O)CCCCN1Cc2ccccc2C=Cc2ccccc21. The van der Waals surface area contributed by atoms with Crippen molar-refractivity contribution in [3.63, 3.8) is 0 Å². The van der Waals surface area contributed by atoms with Gasteiger partial charge < -0.3 is 10.0 Å². The highest BCUT2D eigenvalue weighted by atomic mass is 16.4. The zero-order chi connectivity index (χ0) is 16.1. The number of rotatable bonds is 5. The van der Waals surface area contributed by atoms with E-state index >= 15 is 0 Å². The van der Waals surface area contributed by atoms with E-state index in [1.165, 1.54) is 22.4 Å². The summed E-state index contributed by atoms with van der Waals surface area (Å²) in [7, 11) is 0. The van der Waals surface area contributed by atoms with Gasteiger partial charge in [0.05, 0.1) is 0 Å². The van der Waals surface area contributed by atoms with Crippen LogP contribution in [0.5, 0.6) is 0 Å². The number of anilines is 1. The number of fused-ring (bicyclic) bond motifs is 2. The van der Waals surface area contributed by atoms with Crippen molar-refractivity contribution in [3.05, 3.63) is 65.2 Å². The Morgan fingerprint density at radius 2 is 1.65 bits per heavy atom. The lowest BCUT2D eigenvalue weighted by Gasteiger charge is -2.28. The number of para-hydroxylation sites is 1. The number of hydrogen-bond acceptors (Lipinski definition) is 2. The molecule has 3 rings (SSSR count). The summed E-state index contributed by atoms with van der Waals surface area (Å²) < 4.78 is 0. The number of aliphatic carboxylic acids is 1. The zero-order valence-corrected chi connectivity index (χ0v) is 13.1. The molecular formula is C20H21NO2. The van der Waals surface area contributed by atoms with Gasteiger partial charge in [0.1, 0.15) is 0 Å². The minimum absolute atomic E-state index is 0.242. The Labute approximate surface area is 136 Å². The first-order chi connectivity index (χ1) is 11.2. The molecule has 0 aromatic heterocycles. The van der Waals surface area contributed by atoms with Gasteiger partial charge in [-0.3, -0.25) is 4.79 Å². The summed E-state index contributed by atoms with van der Waals surface area (Å²) in [6, 6.07) is 16.8. The first kappa shape index (κ1) is 15.3. The molecule has 1 aliphatic rings. The molecule has 0 fully saturated rings. The molecule has 0 radical (unpaired) electrons. The lowest BCUT2D eigenvalue weighted by molar-refractivity contribution is -0.137. The predicted octanol–water partition coefficient (Wildman–Crippen LogP) is 4.43. The van der Waals surface area contributed by atoms with Crippen LogP contribution in [0.15, 0.2) is 48.5 Å². The number of carboxylic acids is 1. The van der Waals surface area contributed by atoms with Crippen LogP contribution in [0.1, 0.15) is 36.0 Å². The molecule has 1 N–H and O–H groups in total. The van der Waals surface area contributed by atoms with Crippen LogP contribution in [0.4, 0.5) is 5.69 Å². The van der Waals surface area contributed by atoms with Gasteiger partial charge in [-0.05, 0) is 35.6 Å². The van der Waals surface area contributed by atoms with E-state index in [-0.39, 0.29) is 6.42 Å². The maximum Gasteiger partial charge on any atom is 0.303 e. The summed E-state index contributed by atoms with van der Waals surface area (Å²) >= 11 is 0. The lowest BCUT2D eigenvalue weighted by atomic mass is 10.0. The minimum Gasteiger partial charge on any atom is -0.481 e. The number of unbranched alkanes of at least 4 members (excludes halogenated alkanes) is 1. The summed E-state index contributed by atoms with van der Waals surface area (Å²) in [5.74, 6) is -0.716. The molecule has 0 spiro atoms. The van der Waals surface area contributed by atoms with Gasteiger partial charge in [0.2, 0.25) is 0 Å². The van der Waals surface area contributed by atoms with Crippen LogP contribution in [-0.4, -0.2) is 17.6 Å². The van der Waals surface area contributed by atoms with Gasteiger partial charge in [-0.25, -0.2) is 0 Å². The molecule has 3 nitrogen and oxygen atoms in total. The third-order valence-corrected chi connectivity index (χ3v) is 4.20. The van der Waals surface area contributed by atoms with E-state index in [9.17, 15) is 4.79 Å². The summed E-state index contributed by atoms with van der Waals surface area (Å²) in [5.41, 5.74) is 4.97. The molecule has 0 saturated carbocycles. The molecule has 23 heavy (non-hydrogen) atoms. The average Bonchev–Trinajstić information content (AvgIpc) is 2.55. The fraction of sp³-hybridized carbons (Fsp3) is 0.250. The van der Waals surface area contributed by atoms with Crippen molar-refractivity contribution >= 4 is 23.8 Å². The first-order valence-electron chi connectivity index (χ1n) is 8.06. The molecule has 0 unspecified atom stereocenters. The molecule has 3 heteroatoms. The number of hydrogen-bond donors (Lipinski definition) is 1. The average molecular weight is 307 g/mol. The Hall–Kier alpha value is -2.55. The van der Waals surface area contributed by atoms with Crippen molar-refractivity contribution in [1.82, 2.24) is 0 Å². The predicted molar refractivity (Wildman–Crippen MR) is 94.3 cm³/mol. The van der Waals surface area contributed by atoms with Crippen molar-refractivity contribution in [3.8, 4) is 0 Å². The standard InChI is InChI=1S/C20H21NO2/c22-20(23)11-5-6-14-21-15-18-9-2-1-7-16(18)12-13-17-8-3-4-10-19(17)21/h1-4,7-10,12-13H,5-6,11,14-15H2,(H,22,23). The molecule has 2 aromatic carbocycles. The molecule has 0 bridgehead atoms. The fourth-order valence-electron chi connectivity index (χ4n) is 3.01. The molecule has 0 amide bonds. The summed E-state index contributed by atoms with van der Waals surface area (Å²) in [4.78, 5) is 13.1. The number of carbonyl (C=O) groups is 1. The van der Waals surface area contributed by atoms with Gasteiger partial charge >= 0.3 is 5.97 Å². The molecule has 118 valence electrons. The molecule has 0 saturated heterocycles. The molecule has 2 aromatic rings. The van der Waals surface area contributed by atoms with E-state index in [4.69, 9.17) is 5.11 Å². The van der Waals surface area contributed by atoms with Gasteiger partial charge in [0, 0.05) is 25.2 Å². The topological polar surface area (TPSA) is 40.5 Å². The largest absolute Gasteiger partial charge is 0.481 e. The van der Waals surface area contributed by atoms with Crippen molar-refractivity contribution in [1.29, 1.82) is 0 Å². The second-order valence-electron chi connectivity index (χ2n) is 5.86. The second-order valence-corrected chi connectivity index (χ2v) is 5.86. The highest BCUT2D eigenvalue weighted by Crippen LogP contribution is 2.28. The van der Waals surface area contributed by atoms with Crippen molar-refractivity contribution in [2.24, 2.45) is 0 Å². The molecule has 1 aliphatic heterocycles. The Kier molecular flexibility index (Phi) is 4.77. The van der Waals surface area contributed by atoms with Crippen LogP contribution in [0.2, 0.25) is 0 Å². The molecule has 0 aliphatic carbocycles. The van der Waals surface area contributed by atoms with Crippen LogP contribution < -0.4 is 4.90 Å². The van der Waals surface area contributed by atoms with Gasteiger partial charge in [0.15, 0.2) is 0 Å². The minimum atomic E-state index is -0.716. The first-order valence-corrected chi connectivity index (χ1v) is 8.06. The smallest absolute Gasteiger partial charge is 0.303 e. The van der Waals surface area contributed by atoms with Crippen molar-refractivity contribution in [2.75, 3.05) is 11.4 Å². The maximum atomic E-state index is 10.7. The Balaban J connectivity index is 1.85. The molecular weight excluding hydrogens is 286 g/mol. The summed E-state index contributed by atoms with van der Waals surface area (Å²) in [6.45, 7) is 1.72. The number of benzene rings is 2. The zero-order valence-electron chi connectivity index (χ0n) is 13.1.